The molecule has 0 aliphatic carbocycles. The van der Waals surface area contributed by atoms with E-state index >= 15 is 0 Å². The van der Waals surface area contributed by atoms with Gasteiger partial charge in [0.05, 0.1) is 13.2 Å². The number of nitrogens with one attached hydrogen (secondary N) is 2. The second-order valence-corrected chi connectivity index (χ2v) is 7.93. The largest absolute Gasteiger partial charge is 0.497 e. The second kappa shape index (κ2) is 8.16. The molecule has 2 aromatic carbocycles. The molecule has 0 fully saturated rings. The zero-order chi connectivity index (χ0) is 20.4. The molecule has 29 heavy (non-hydrogen) atoms. The first kappa shape index (κ1) is 19.3. The monoisotopic (exact) mass is 409 g/mol. The number of fused-ring (bicyclic) bond motifs is 1. The predicted octanol–water partition coefficient (Wildman–Crippen LogP) is 3.56. The van der Waals surface area contributed by atoms with Crippen LogP contribution in [0.3, 0.4) is 0 Å². The Kier molecular flexibility index (Phi) is 5.44. The normalized spacial score (nSPS) is 17.9. The Labute approximate surface area is 173 Å². The summed E-state index contributed by atoms with van der Waals surface area (Å²) in [7, 11) is 1.64. The van der Waals surface area contributed by atoms with Crippen LogP contribution in [0.2, 0.25) is 0 Å². The highest BCUT2D eigenvalue weighted by atomic mass is 32.2. The number of rotatable bonds is 5. The van der Waals surface area contributed by atoms with Crippen LogP contribution in [-0.4, -0.2) is 33.1 Å². The van der Waals surface area contributed by atoms with Gasteiger partial charge < -0.3 is 15.5 Å². The van der Waals surface area contributed by atoms with Crippen LogP contribution in [0.4, 0.5) is 5.69 Å². The molecule has 4 rings (SSSR count). The van der Waals surface area contributed by atoms with Crippen LogP contribution in [0.5, 0.6) is 5.75 Å². The third kappa shape index (κ3) is 3.93. The number of aryl methyl sites for hydroxylation is 2. The average molecular weight is 410 g/mol. The highest BCUT2D eigenvalue weighted by Gasteiger charge is 2.37. The molecule has 3 aromatic rings. The van der Waals surface area contributed by atoms with E-state index in [1.165, 1.54) is 17.3 Å². The van der Waals surface area contributed by atoms with E-state index in [1.54, 1.807) is 7.11 Å². The number of methoxy groups -OCH3 is 1. The second-order valence-electron chi connectivity index (χ2n) is 6.82. The maximum Gasteiger partial charge on any atom is 0.240 e. The molecule has 1 aromatic heterocycles. The van der Waals surface area contributed by atoms with Crippen LogP contribution in [-0.2, 0) is 11.2 Å². The summed E-state index contributed by atoms with van der Waals surface area (Å²) in [6, 6.07) is 15.4. The minimum Gasteiger partial charge on any atom is -0.497 e. The summed E-state index contributed by atoms with van der Waals surface area (Å²) < 4.78 is 7.09. The van der Waals surface area contributed by atoms with Gasteiger partial charge in [-0.25, -0.2) is 4.68 Å². The SMILES string of the molecule is CCc1ccc(NC(=O)[C@H]2Sc3nnc(C)n3N[C@H]2c2ccc(OC)cc2)cc1. The molecule has 0 bridgehead atoms. The molecular formula is C21H23N5O2S. The van der Waals surface area contributed by atoms with Crippen LogP contribution < -0.4 is 15.5 Å². The highest BCUT2D eigenvalue weighted by molar-refractivity contribution is 8.00. The van der Waals surface area contributed by atoms with Gasteiger partial charge in [0.2, 0.25) is 11.1 Å². The van der Waals surface area contributed by atoms with E-state index in [9.17, 15) is 4.79 Å². The van der Waals surface area contributed by atoms with E-state index in [1.807, 2.05) is 60.1 Å². The number of hydrogen-bond donors (Lipinski definition) is 2. The standard InChI is InChI=1S/C21H23N5O2S/c1-4-14-5-9-16(10-6-14)22-20(27)19-18(15-7-11-17(28-3)12-8-15)25-26-13(2)23-24-21(26)29-19/h5-12,18-19,25H,4H2,1-3H3,(H,22,27)/t18-,19-/m0/s1. The van der Waals surface area contributed by atoms with Crippen molar-refractivity contribution >= 4 is 23.4 Å². The number of amides is 1. The fourth-order valence-electron chi connectivity index (χ4n) is 3.26. The van der Waals surface area contributed by atoms with Gasteiger partial charge in [-0.1, -0.05) is 43.0 Å². The third-order valence-corrected chi connectivity index (χ3v) is 6.18. The molecular weight excluding hydrogens is 386 g/mol. The molecule has 0 radical (unpaired) electrons. The van der Waals surface area contributed by atoms with Gasteiger partial charge >= 0.3 is 0 Å². The van der Waals surface area contributed by atoms with Gasteiger partial charge in [-0.3, -0.25) is 4.79 Å². The first-order valence-electron chi connectivity index (χ1n) is 9.48. The van der Waals surface area contributed by atoms with E-state index < -0.39 is 5.25 Å². The van der Waals surface area contributed by atoms with E-state index in [2.05, 4.69) is 27.9 Å². The number of aromatic nitrogens is 3. The van der Waals surface area contributed by atoms with Crippen LogP contribution in [0.1, 0.15) is 29.9 Å². The Morgan fingerprint density at radius 3 is 2.55 bits per heavy atom. The number of ether oxygens (including phenoxy) is 1. The summed E-state index contributed by atoms with van der Waals surface area (Å²) in [6.45, 7) is 3.99. The Morgan fingerprint density at radius 2 is 1.90 bits per heavy atom. The van der Waals surface area contributed by atoms with Crippen molar-refractivity contribution < 1.29 is 9.53 Å². The predicted molar refractivity (Wildman–Crippen MR) is 114 cm³/mol. The first-order valence-corrected chi connectivity index (χ1v) is 10.4. The molecule has 1 amide bonds. The fraction of sp³-hybridized carbons (Fsp3) is 0.286. The Morgan fingerprint density at radius 1 is 1.17 bits per heavy atom. The van der Waals surface area contributed by atoms with Crippen molar-refractivity contribution in [1.82, 2.24) is 14.9 Å². The van der Waals surface area contributed by atoms with Crippen molar-refractivity contribution in [2.24, 2.45) is 0 Å². The number of thioether (sulfide) groups is 1. The number of nitrogens with zero attached hydrogens (tertiary/aromatic N) is 3. The molecule has 150 valence electrons. The van der Waals surface area contributed by atoms with Crippen LogP contribution in [0, 0.1) is 6.92 Å². The lowest BCUT2D eigenvalue weighted by Crippen LogP contribution is -2.41. The number of anilines is 1. The first-order chi connectivity index (χ1) is 14.1. The molecule has 8 heteroatoms. The molecule has 1 aliphatic heterocycles. The average Bonchev–Trinajstić information content (AvgIpc) is 3.13. The van der Waals surface area contributed by atoms with Gasteiger partial charge in [0.1, 0.15) is 16.8 Å². The van der Waals surface area contributed by atoms with Gasteiger partial charge in [-0.05, 0) is 48.7 Å². The summed E-state index contributed by atoms with van der Waals surface area (Å²) in [5.41, 5.74) is 6.40. The molecule has 2 atom stereocenters. The van der Waals surface area contributed by atoms with Crippen molar-refractivity contribution in [3.63, 3.8) is 0 Å². The zero-order valence-corrected chi connectivity index (χ0v) is 17.4. The smallest absolute Gasteiger partial charge is 0.240 e. The lowest BCUT2D eigenvalue weighted by atomic mass is 10.0. The number of carbonyl (C=O) groups is 1. The molecule has 0 unspecified atom stereocenters. The molecule has 2 heterocycles. The summed E-state index contributed by atoms with van der Waals surface area (Å²) in [4.78, 5) is 13.2. The lowest BCUT2D eigenvalue weighted by molar-refractivity contribution is -0.116. The molecule has 2 N–H and O–H groups in total. The van der Waals surface area contributed by atoms with Gasteiger partial charge in [0.25, 0.3) is 0 Å². The van der Waals surface area contributed by atoms with E-state index in [0.717, 1.165) is 29.2 Å². The number of carbonyl (C=O) groups excluding carboxylic acids is 1. The van der Waals surface area contributed by atoms with Gasteiger partial charge in [0.15, 0.2) is 0 Å². The highest BCUT2D eigenvalue weighted by Crippen LogP contribution is 2.37. The van der Waals surface area contributed by atoms with Gasteiger partial charge in [-0.15, -0.1) is 10.2 Å². The van der Waals surface area contributed by atoms with Crippen molar-refractivity contribution in [3.05, 3.63) is 65.5 Å². The number of benzene rings is 2. The maximum atomic E-state index is 13.2. The molecule has 0 spiro atoms. The van der Waals surface area contributed by atoms with Gasteiger partial charge in [-0.2, -0.15) is 0 Å². The quantitative estimate of drug-likeness (QED) is 0.671. The molecule has 7 nitrogen and oxygen atoms in total. The third-order valence-electron chi connectivity index (χ3n) is 4.96. The topological polar surface area (TPSA) is 81.1 Å². The molecule has 1 aliphatic rings. The van der Waals surface area contributed by atoms with E-state index in [0.29, 0.717) is 5.16 Å². The van der Waals surface area contributed by atoms with Crippen molar-refractivity contribution in [2.75, 3.05) is 17.9 Å². The Bertz CT molecular complexity index is 1000. The number of hydrogen-bond acceptors (Lipinski definition) is 6. The van der Waals surface area contributed by atoms with Crippen LogP contribution >= 0.6 is 11.8 Å². The van der Waals surface area contributed by atoms with Crippen LogP contribution in [0.25, 0.3) is 0 Å². The van der Waals surface area contributed by atoms with E-state index in [-0.39, 0.29) is 11.9 Å². The Hall–Kier alpha value is -3.00. The summed E-state index contributed by atoms with van der Waals surface area (Å²) in [5, 5.41) is 11.6. The van der Waals surface area contributed by atoms with Gasteiger partial charge in [0, 0.05) is 5.69 Å². The zero-order valence-electron chi connectivity index (χ0n) is 16.5. The minimum absolute atomic E-state index is 0.0838. The summed E-state index contributed by atoms with van der Waals surface area (Å²) in [5.74, 6) is 1.44. The fourth-order valence-corrected chi connectivity index (χ4v) is 4.38. The summed E-state index contributed by atoms with van der Waals surface area (Å²) in [6.07, 6.45) is 0.963. The van der Waals surface area contributed by atoms with Crippen molar-refractivity contribution in [1.29, 1.82) is 0 Å². The maximum absolute atomic E-state index is 13.2. The lowest BCUT2D eigenvalue weighted by Gasteiger charge is -2.32. The molecule has 0 saturated carbocycles. The van der Waals surface area contributed by atoms with E-state index in [4.69, 9.17) is 4.74 Å². The summed E-state index contributed by atoms with van der Waals surface area (Å²) >= 11 is 1.41. The van der Waals surface area contributed by atoms with Crippen molar-refractivity contribution in [3.8, 4) is 5.75 Å². The minimum atomic E-state index is -0.412. The van der Waals surface area contributed by atoms with Crippen molar-refractivity contribution in [2.45, 2.75) is 36.7 Å². The molecule has 0 saturated heterocycles. The Balaban J connectivity index is 1.62. The van der Waals surface area contributed by atoms with Crippen LogP contribution in [0.15, 0.2) is 53.7 Å².